The van der Waals surface area contributed by atoms with Crippen molar-refractivity contribution in [2.45, 2.75) is 50.0 Å². The monoisotopic (exact) mass is 558 g/mol. The van der Waals surface area contributed by atoms with Crippen molar-refractivity contribution in [1.29, 1.82) is 0 Å². The number of nitrogens with one attached hydrogen (secondary N) is 1. The van der Waals surface area contributed by atoms with Crippen molar-refractivity contribution in [3.8, 4) is 0 Å². The highest BCUT2D eigenvalue weighted by Crippen LogP contribution is 2.32. The molecule has 0 spiro atoms. The average Bonchev–Trinajstić information content (AvgIpc) is 3.52. The summed E-state index contributed by atoms with van der Waals surface area (Å²) in [5.74, 6) is -1.33. The maximum Gasteiger partial charge on any atom is 0.332 e. The van der Waals surface area contributed by atoms with Crippen LogP contribution in [-0.4, -0.2) is 42.2 Å². The van der Waals surface area contributed by atoms with E-state index in [0.717, 1.165) is 20.7 Å². The molecule has 206 valence electrons. The molecule has 1 heterocycles. The van der Waals surface area contributed by atoms with Crippen molar-refractivity contribution in [3.63, 3.8) is 0 Å². The van der Waals surface area contributed by atoms with Gasteiger partial charge in [0, 0.05) is 42.8 Å². The van der Waals surface area contributed by atoms with E-state index in [1.165, 1.54) is 18.3 Å². The molecule has 0 radical (unpaired) electrons. The van der Waals surface area contributed by atoms with E-state index in [1.54, 1.807) is 43.3 Å². The van der Waals surface area contributed by atoms with Crippen LogP contribution < -0.4 is 5.32 Å². The molecule has 40 heavy (non-hydrogen) atoms. The fourth-order valence-corrected chi connectivity index (χ4v) is 6.62. The van der Waals surface area contributed by atoms with Crippen LogP contribution in [0.25, 0.3) is 10.9 Å². The predicted molar refractivity (Wildman–Crippen MR) is 151 cm³/mol. The molecule has 0 aliphatic heterocycles. The normalized spacial score (nSPS) is 14.1. The van der Waals surface area contributed by atoms with Crippen LogP contribution in [0.4, 0.5) is 0 Å². The summed E-state index contributed by atoms with van der Waals surface area (Å²) in [6.07, 6.45) is 1.63. The Morgan fingerprint density at radius 1 is 0.900 bits per heavy atom. The second-order valence-corrected chi connectivity index (χ2v) is 11.9. The van der Waals surface area contributed by atoms with Gasteiger partial charge in [-0.25, -0.2) is 17.2 Å². The molecule has 0 fully saturated rings. The van der Waals surface area contributed by atoms with Crippen LogP contribution in [0, 0.1) is 6.92 Å². The predicted octanol–water partition coefficient (Wildman–Crippen LogP) is 4.37. The Labute approximate surface area is 233 Å². The highest BCUT2D eigenvalue weighted by Gasteiger charge is 2.46. The number of benzene rings is 3. The number of nitrogens with zero attached hydrogens (tertiary/aromatic N) is 1. The summed E-state index contributed by atoms with van der Waals surface area (Å²) in [5.41, 5.74) is 2.23. The number of aryl methyl sites for hydroxylation is 1. The number of carbonyl (C=O) groups excluding carboxylic acids is 3. The summed E-state index contributed by atoms with van der Waals surface area (Å²) in [5, 5.41) is 3.34. The highest BCUT2D eigenvalue weighted by molar-refractivity contribution is 7.90. The van der Waals surface area contributed by atoms with Crippen LogP contribution in [0.15, 0.2) is 83.9 Å². The standard InChI is InChI=1S/C31H30N2O6S/c1-3-39-30(36)31(18-22-8-4-5-9-23(22)19-31)32-29(35)17-16-28(34)26-20-33(27-11-7-6-10-25(26)27)40(37,38)24-14-12-21(2)13-15-24/h4-15,20H,3,16-19H2,1-2H3,(H,32,35). The molecular formula is C31H30N2O6S. The van der Waals surface area contributed by atoms with Gasteiger partial charge in [-0.3, -0.25) is 9.59 Å². The second-order valence-electron chi connectivity index (χ2n) is 10.1. The number of carbonyl (C=O) groups is 3. The Hall–Kier alpha value is -4.24. The molecule has 1 aliphatic carbocycles. The molecule has 1 amide bonds. The molecule has 4 aromatic rings. The number of hydrogen-bond acceptors (Lipinski definition) is 6. The topological polar surface area (TPSA) is 112 Å². The van der Waals surface area contributed by atoms with Crippen LogP contribution in [0.1, 0.15) is 46.8 Å². The number of esters is 1. The lowest BCUT2D eigenvalue weighted by Gasteiger charge is -2.28. The minimum Gasteiger partial charge on any atom is -0.464 e. The van der Waals surface area contributed by atoms with Gasteiger partial charge in [0.15, 0.2) is 5.78 Å². The zero-order chi connectivity index (χ0) is 28.5. The van der Waals surface area contributed by atoms with E-state index in [2.05, 4.69) is 5.32 Å². The van der Waals surface area contributed by atoms with Crippen molar-refractivity contribution < 1.29 is 27.5 Å². The van der Waals surface area contributed by atoms with Crippen LogP contribution in [0.2, 0.25) is 0 Å². The van der Waals surface area contributed by atoms with Gasteiger partial charge in [-0.2, -0.15) is 0 Å². The number of ether oxygens (including phenoxy) is 1. The van der Waals surface area contributed by atoms with E-state index < -0.39 is 27.4 Å². The number of Topliss-reactive ketones (excluding diaryl/α,β-unsaturated/α-hetero) is 1. The van der Waals surface area contributed by atoms with Gasteiger partial charge in [0.2, 0.25) is 5.91 Å². The minimum absolute atomic E-state index is 0.110. The molecule has 8 nitrogen and oxygen atoms in total. The smallest absolute Gasteiger partial charge is 0.332 e. The van der Waals surface area contributed by atoms with Gasteiger partial charge in [0.1, 0.15) is 5.54 Å². The molecule has 3 aromatic carbocycles. The minimum atomic E-state index is -3.96. The lowest BCUT2D eigenvalue weighted by Crippen LogP contribution is -2.56. The maximum atomic E-state index is 13.4. The van der Waals surface area contributed by atoms with Crippen LogP contribution in [-0.2, 0) is 37.2 Å². The Morgan fingerprint density at radius 2 is 1.52 bits per heavy atom. The van der Waals surface area contributed by atoms with Crippen LogP contribution in [0.3, 0.4) is 0 Å². The summed E-state index contributed by atoms with van der Waals surface area (Å²) in [7, 11) is -3.96. The summed E-state index contributed by atoms with van der Waals surface area (Å²) in [4.78, 5) is 39.5. The molecule has 0 saturated carbocycles. The largest absolute Gasteiger partial charge is 0.464 e. The summed E-state index contributed by atoms with van der Waals surface area (Å²) in [6.45, 7) is 3.76. The summed E-state index contributed by atoms with van der Waals surface area (Å²) < 4.78 is 33.3. The van der Waals surface area contributed by atoms with Gasteiger partial charge in [-0.05, 0) is 43.2 Å². The Balaban J connectivity index is 1.36. The molecule has 1 N–H and O–H groups in total. The van der Waals surface area contributed by atoms with Crippen molar-refractivity contribution in [1.82, 2.24) is 9.29 Å². The first-order valence-electron chi connectivity index (χ1n) is 13.2. The van der Waals surface area contributed by atoms with Crippen LogP contribution >= 0.6 is 0 Å². The maximum absolute atomic E-state index is 13.4. The molecule has 5 rings (SSSR count). The lowest BCUT2D eigenvalue weighted by atomic mass is 9.95. The van der Waals surface area contributed by atoms with E-state index in [9.17, 15) is 22.8 Å². The van der Waals surface area contributed by atoms with Gasteiger partial charge >= 0.3 is 5.97 Å². The quantitative estimate of drug-likeness (QED) is 0.241. The Kier molecular flexibility index (Phi) is 7.33. The first-order valence-corrected chi connectivity index (χ1v) is 14.6. The van der Waals surface area contributed by atoms with Crippen molar-refractivity contribution >= 4 is 38.6 Å². The second kappa shape index (κ2) is 10.7. The number of amides is 1. The van der Waals surface area contributed by atoms with Crippen molar-refractivity contribution in [2.24, 2.45) is 0 Å². The SMILES string of the molecule is CCOC(=O)C1(NC(=O)CCC(=O)c2cn(S(=O)(=O)c3ccc(C)cc3)c3ccccc23)Cc2ccccc2C1. The lowest BCUT2D eigenvalue weighted by molar-refractivity contribution is -0.153. The number of rotatable bonds is 9. The molecule has 9 heteroatoms. The van der Waals surface area contributed by atoms with E-state index >= 15 is 0 Å². The molecule has 1 aromatic heterocycles. The average molecular weight is 559 g/mol. The van der Waals surface area contributed by atoms with Gasteiger partial charge in [0.25, 0.3) is 10.0 Å². The number of fused-ring (bicyclic) bond motifs is 2. The van der Waals surface area contributed by atoms with Gasteiger partial charge in [-0.1, -0.05) is 60.2 Å². The van der Waals surface area contributed by atoms with Crippen molar-refractivity contribution in [3.05, 3.63) is 101 Å². The third kappa shape index (κ3) is 5.04. The molecule has 0 unspecified atom stereocenters. The van der Waals surface area contributed by atoms with E-state index in [0.29, 0.717) is 23.7 Å². The fraction of sp³-hybridized carbons (Fsp3) is 0.258. The van der Waals surface area contributed by atoms with Gasteiger partial charge < -0.3 is 10.1 Å². The van der Waals surface area contributed by atoms with Crippen molar-refractivity contribution in [2.75, 3.05) is 6.61 Å². The van der Waals surface area contributed by atoms with Gasteiger partial charge in [0.05, 0.1) is 17.0 Å². The third-order valence-corrected chi connectivity index (χ3v) is 8.97. The Morgan fingerprint density at radius 3 is 2.17 bits per heavy atom. The zero-order valence-electron chi connectivity index (χ0n) is 22.3. The van der Waals surface area contributed by atoms with Crippen LogP contribution in [0.5, 0.6) is 0 Å². The van der Waals surface area contributed by atoms with E-state index in [4.69, 9.17) is 4.74 Å². The Bertz CT molecular complexity index is 1700. The molecule has 0 atom stereocenters. The molecule has 0 saturated heterocycles. The third-order valence-electron chi connectivity index (χ3n) is 7.28. The molecular weight excluding hydrogens is 528 g/mol. The molecule has 0 bridgehead atoms. The first kappa shape index (κ1) is 27.3. The summed E-state index contributed by atoms with van der Waals surface area (Å²) in [6, 6.07) is 20.9. The number of hydrogen-bond donors (Lipinski definition) is 1. The first-order chi connectivity index (χ1) is 19.1. The zero-order valence-corrected chi connectivity index (χ0v) is 23.2. The summed E-state index contributed by atoms with van der Waals surface area (Å²) >= 11 is 0. The fourth-order valence-electron chi connectivity index (χ4n) is 5.25. The van der Waals surface area contributed by atoms with Gasteiger partial charge in [-0.15, -0.1) is 0 Å². The van der Waals surface area contributed by atoms with E-state index in [1.807, 2.05) is 31.2 Å². The number of aromatic nitrogens is 1. The number of ketones is 1. The number of para-hydroxylation sites is 1. The highest BCUT2D eigenvalue weighted by atomic mass is 32.2. The van der Waals surface area contributed by atoms with E-state index in [-0.39, 0.29) is 35.7 Å². The molecule has 1 aliphatic rings.